The highest BCUT2D eigenvalue weighted by Crippen LogP contribution is 2.45. The quantitative estimate of drug-likeness (QED) is 0.168. The molecule has 0 amide bonds. The SMILES string of the molecule is c1ccc(-c2nc(-c3ccccc3)nc(-c3ccc(-c4c5ccccc5cc5c6ccc7ccccc7c6n(-c6nc(-c7ccccc7)c7ccccc7n6)c45)cc3)n2)cc1. The van der Waals surface area contributed by atoms with Crippen LogP contribution in [0.15, 0.2) is 206 Å². The Bertz CT molecular complexity index is 3560. The zero-order valence-electron chi connectivity index (χ0n) is 32.8. The van der Waals surface area contributed by atoms with Gasteiger partial charge in [-0.05, 0) is 33.9 Å². The molecule has 0 atom stereocenters. The van der Waals surface area contributed by atoms with Crippen molar-refractivity contribution in [1.82, 2.24) is 29.5 Å². The second-order valence-corrected chi connectivity index (χ2v) is 15.3. The highest BCUT2D eigenvalue weighted by molar-refractivity contribution is 6.25. The first-order valence-corrected chi connectivity index (χ1v) is 20.4. The maximum absolute atomic E-state index is 5.49. The first-order chi connectivity index (χ1) is 30.2. The Morgan fingerprint density at radius 2 is 0.803 bits per heavy atom. The third-order valence-corrected chi connectivity index (χ3v) is 11.6. The van der Waals surface area contributed by atoms with Crippen molar-refractivity contribution >= 4 is 54.3 Å². The lowest BCUT2D eigenvalue weighted by atomic mass is 9.94. The molecule has 0 bridgehead atoms. The summed E-state index contributed by atoms with van der Waals surface area (Å²) >= 11 is 0. The monoisotopic (exact) mass is 778 g/mol. The van der Waals surface area contributed by atoms with E-state index < -0.39 is 0 Å². The van der Waals surface area contributed by atoms with Gasteiger partial charge in [0.15, 0.2) is 17.5 Å². The van der Waals surface area contributed by atoms with Crippen LogP contribution in [0.2, 0.25) is 0 Å². The smallest absolute Gasteiger partial charge is 0.235 e. The van der Waals surface area contributed by atoms with Gasteiger partial charge in [-0.25, -0.2) is 24.9 Å². The van der Waals surface area contributed by atoms with Crippen LogP contribution in [-0.4, -0.2) is 29.5 Å². The summed E-state index contributed by atoms with van der Waals surface area (Å²) in [5.74, 6) is 2.49. The predicted molar refractivity (Wildman–Crippen MR) is 249 cm³/mol. The molecule has 284 valence electrons. The lowest BCUT2D eigenvalue weighted by Gasteiger charge is -2.16. The van der Waals surface area contributed by atoms with E-state index in [4.69, 9.17) is 24.9 Å². The Hall–Kier alpha value is -8.35. The number of aromatic nitrogens is 6. The van der Waals surface area contributed by atoms with Crippen molar-refractivity contribution < 1.29 is 0 Å². The van der Waals surface area contributed by atoms with Gasteiger partial charge in [-0.1, -0.05) is 194 Å². The van der Waals surface area contributed by atoms with Crippen LogP contribution < -0.4 is 0 Å². The molecule has 61 heavy (non-hydrogen) atoms. The normalized spacial score (nSPS) is 11.6. The van der Waals surface area contributed by atoms with Crippen LogP contribution in [0.5, 0.6) is 0 Å². The number of benzene rings is 9. The van der Waals surface area contributed by atoms with E-state index in [2.05, 4.69) is 138 Å². The molecule has 0 saturated heterocycles. The van der Waals surface area contributed by atoms with Crippen LogP contribution in [-0.2, 0) is 0 Å². The zero-order chi connectivity index (χ0) is 40.3. The molecule has 0 aliphatic carbocycles. The summed E-state index contributed by atoms with van der Waals surface area (Å²) in [4.78, 5) is 25.8. The first-order valence-electron chi connectivity index (χ1n) is 20.4. The van der Waals surface area contributed by atoms with Crippen LogP contribution in [0.25, 0.3) is 117 Å². The fourth-order valence-electron chi connectivity index (χ4n) is 8.80. The number of nitrogens with zero attached hydrogens (tertiary/aromatic N) is 6. The van der Waals surface area contributed by atoms with Gasteiger partial charge in [0.2, 0.25) is 5.95 Å². The van der Waals surface area contributed by atoms with Gasteiger partial charge in [0, 0.05) is 49.4 Å². The molecule has 6 nitrogen and oxygen atoms in total. The molecule has 12 rings (SSSR count). The topological polar surface area (TPSA) is 69.4 Å². The second kappa shape index (κ2) is 14.2. The lowest BCUT2D eigenvalue weighted by Crippen LogP contribution is -2.04. The molecule has 0 radical (unpaired) electrons. The number of para-hydroxylation sites is 1. The molecule has 0 spiro atoms. The minimum Gasteiger partial charge on any atom is -0.277 e. The minimum atomic E-state index is 0.612. The van der Waals surface area contributed by atoms with E-state index in [1.54, 1.807) is 0 Å². The van der Waals surface area contributed by atoms with Crippen LogP contribution in [0.1, 0.15) is 0 Å². The van der Waals surface area contributed by atoms with Crippen molar-refractivity contribution in [2.45, 2.75) is 0 Å². The van der Waals surface area contributed by atoms with Crippen molar-refractivity contribution in [3.8, 4) is 62.5 Å². The molecule has 0 saturated carbocycles. The van der Waals surface area contributed by atoms with Gasteiger partial charge in [-0.2, -0.15) is 0 Å². The van der Waals surface area contributed by atoms with E-state index in [-0.39, 0.29) is 0 Å². The summed E-state index contributed by atoms with van der Waals surface area (Å²) in [5.41, 5.74) is 9.86. The van der Waals surface area contributed by atoms with Crippen LogP contribution in [0, 0.1) is 0 Å². The van der Waals surface area contributed by atoms with Crippen LogP contribution in [0.3, 0.4) is 0 Å². The summed E-state index contributed by atoms with van der Waals surface area (Å²) in [6.45, 7) is 0. The minimum absolute atomic E-state index is 0.612. The summed E-state index contributed by atoms with van der Waals surface area (Å²) in [5, 5.41) is 7.87. The molecule has 3 aromatic heterocycles. The van der Waals surface area contributed by atoms with E-state index in [0.717, 1.165) is 93.3 Å². The average Bonchev–Trinajstić information content (AvgIpc) is 3.68. The van der Waals surface area contributed by atoms with E-state index in [1.807, 2.05) is 72.8 Å². The van der Waals surface area contributed by atoms with Gasteiger partial charge in [0.1, 0.15) is 0 Å². The van der Waals surface area contributed by atoms with E-state index in [0.29, 0.717) is 23.4 Å². The maximum atomic E-state index is 5.49. The summed E-state index contributed by atoms with van der Waals surface area (Å²) in [6.07, 6.45) is 0. The third-order valence-electron chi connectivity index (χ3n) is 11.6. The van der Waals surface area contributed by atoms with Gasteiger partial charge in [-0.3, -0.25) is 4.57 Å². The van der Waals surface area contributed by atoms with Gasteiger partial charge in [0.25, 0.3) is 0 Å². The Balaban J connectivity index is 1.14. The Morgan fingerprint density at radius 3 is 1.46 bits per heavy atom. The molecule has 12 aromatic rings. The summed E-state index contributed by atoms with van der Waals surface area (Å²) < 4.78 is 2.31. The molecular formula is C55H34N6. The molecule has 3 heterocycles. The number of fused-ring (bicyclic) bond motifs is 7. The number of hydrogen-bond donors (Lipinski definition) is 0. The maximum Gasteiger partial charge on any atom is 0.235 e. The summed E-state index contributed by atoms with van der Waals surface area (Å²) in [6, 6.07) is 71.6. The fraction of sp³-hybridized carbons (Fsp3) is 0. The molecular weight excluding hydrogens is 745 g/mol. The molecule has 0 aliphatic heterocycles. The lowest BCUT2D eigenvalue weighted by molar-refractivity contribution is 1.02. The molecule has 6 heteroatoms. The van der Waals surface area contributed by atoms with Crippen molar-refractivity contribution in [2.75, 3.05) is 0 Å². The fourth-order valence-corrected chi connectivity index (χ4v) is 8.80. The van der Waals surface area contributed by atoms with E-state index >= 15 is 0 Å². The van der Waals surface area contributed by atoms with Gasteiger partial charge >= 0.3 is 0 Å². The molecule has 0 aliphatic rings. The number of rotatable bonds is 6. The van der Waals surface area contributed by atoms with Crippen molar-refractivity contribution in [3.05, 3.63) is 206 Å². The van der Waals surface area contributed by atoms with E-state index in [9.17, 15) is 0 Å². The van der Waals surface area contributed by atoms with Gasteiger partial charge < -0.3 is 0 Å². The Morgan fingerprint density at radius 1 is 0.295 bits per heavy atom. The molecule has 0 unspecified atom stereocenters. The largest absolute Gasteiger partial charge is 0.277 e. The third kappa shape index (κ3) is 5.84. The van der Waals surface area contributed by atoms with E-state index in [1.165, 1.54) is 0 Å². The Kier molecular flexibility index (Phi) is 8.06. The molecule has 0 fully saturated rings. The van der Waals surface area contributed by atoms with Crippen LogP contribution >= 0.6 is 0 Å². The van der Waals surface area contributed by atoms with Gasteiger partial charge in [0.05, 0.1) is 22.2 Å². The standard InChI is InChI=1S/C55H34N6/c1-4-17-37(18-5-1)49-45-26-14-15-27-47(45)56-55(57-49)61-50-43-25-13-10-16-35(43)32-33-44(50)46-34-41-23-11-12-24-42(41)48(51(46)61)36-28-30-40(31-29-36)54-59-52(38-19-6-2-7-20-38)58-53(60-54)39-21-8-3-9-22-39/h1-34H. The highest BCUT2D eigenvalue weighted by atomic mass is 15.2. The van der Waals surface area contributed by atoms with Crippen LogP contribution in [0.4, 0.5) is 0 Å². The molecule has 0 N–H and O–H groups in total. The van der Waals surface area contributed by atoms with Gasteiger partial charge in [-0.15, -0.1) is 0 Å². The predicted octanol–water partition coefficient (Wildman–Crippen LogP) is 13.6. The van der Waals surface area contributed by atoms with Crippen molar-refractivity contribution in [3.63, 3.8) is 0 Å². The first kappa shape index (κ1) is 34.7. The zero-order valence-corrected chi connectivity index (χ0v) is 32.8. The molecule has 9 aromatic carbocycles. The Labute approximate surface area is 351 Å². The van der Waals surface area contributed by atoms with Crippen molar-refractivity contribution in [2.24, 2.45) is 0 Å². The van der Waals surface area contributed by atoms with Crippen molar-refractivity contribution in [1.29, 1.82) is 0 Å². The second-order valence-electron chi connectivity index (χ2n) is 15.3. The number of hydrogen-bond acceptors (Lipinski definition) is 5. The summed E-state index contributed by atoms with van der Waals surface area (Å²) in [7, 11) is 0. The average molecular weight is 779 g/mol. The highest BCUT2D eigenvalue weighted by Gasteiger charge is 2.24.